The molecule has 0 radical (unpaired) electrons. The van der Waals surface area contributed by atoms with Crippen molar-refractivity contribution in [3.63, 3.8) is 0 Å². The summed E-state index contributed by atoms with van der Waals surface area (Å²) < 4.78 is 6.13. The molecule has 2 N–H and O–H groups in total. The first kappa shape index (κ1) is 23.1. The summed E-state index contributed by atoms with van der Waals surface area (Å²) in [7, 11) is 3.74. The number of aliphatic imine (C=N–C) groups is 1. The Morgan fingerprint density at radius 3 is 2.41 bits per heavy atom. The minimum atomic E-state index is -0.310. The molecule has 0 aromatic rings. The third-order valence-electron chi connectivity index (χ3n) is 7.88. The van der Waals surface area contributed by atoms with Gasteiger partial charge in [-0.25, -0.2) is 0 Å². The van der Waals surface area contributed by atoms with Gasteiger partial charge in [-0.3, -0.25) is 9.79 Å². The van der Waals surface area contributed by atoms with Crippen molar-refractivity contribution in [1.82, 2.24) is 15.5 Å². The summed E-state index contributed by atoms with van der Waals surface area (Å²) in [4.78, 5) is 19.6. The molecule has 7 heteroatoms. The quantitative estimate of drug-likeness (QED) is 0.334. The Morgan fingerprint density at radius 2 is 1.79 bits per heavy atom. The highest BCUT2D eigenvalue weighted by atomic mass is 127. The highest BCUT2D eigenvalue weighted by molar-refractivity contribution is 14.0. The molecule has 6 nitrogen and oxygen atoms in total. The lowest BCUT2D eigenvalue weighted by molar-refractivity contribution is -0.138. The van der Waals surface area contributed by atoms with E-state index in [9.17, 15) is 4.79 Å². The van der Waals surface area contributed by atoms with Crippen molar-refractivity contribution in [3.8, 4) is 0 Å². The molecule has 166 valence electrons. The Kier molecular flexibility index (Phi) is 7.40. The van der Waals surface area contributed by atoms with Crippen molar-refractivity contribution in [2.45, 2.75) is 76.9 Å². The summed E-state index contributed by atoms with van der Waals surface area (Å²) >= 11 is 0. The fraction of sp³-hybridized carbons (Fsp3) is 0.909. The van der Waals surface area contributed by atoms with Gasteiger partial charge in [0.05, 0.1) is 18.1 Å². The van der Waals surface area contributed by atoms with Gasteiger partial charge in [-0.1, -0.05) is 25.7 Å². The van der Waals surface area contributed by atoms with Gasteiger partial charge in [0.1, 0.15) is 0 Å². The summed E-state index contributed by atoms with van der Waals surface area (Å²) in [6.45, 7) is 4.44. The van der Waals surface area contributed by atoms with E-state index in [1.54, 1.807) is 4.90 Å². The first-order valence-electron chi connectivity index (χ1n) is 11.4. The predicted molar refractivity (Wildman–Crippen MR) is 127 cm³/mol. The molecule has 4 rings (SSSR count). The lowest BCUT2D eigenvalue weighted by Crippen LogP contribution is -2.69. The van der Waals surface area contributed by atoms with Crippen LogP contribution >= 0.6 is 24.0 Å². The van der Waals surface area contributed by atoms with Crippen LogP contribution in [0.5, 0.6) is 0 Å². The van der Waals surface area contributed by atoms with Gasteiger partial charge in [-0.2, -0.15) is 0 Å². The summed E-state index contributed by atoms with van der Waals surface area (Å²) in [5.74, 6) is 1.75. The fourth-order valence-electron chi connectivity index (χ4n) is 6.57. The lowest BCUT2D eigenvalue weighted by Gasteiger charge is -2.57. The first-order valence-corrected chi connectivity index (χ1v) is 11.4. The Bertz CT molecular complexity index is 612. The monoisotopic (exact) mass is 518 g/mol. The maximum absolute atomic E-state index is 12.9. The summed E-state index contributed by atoms with van der Waals surface area (Å²) in [6.07, 6.45) is 11.0. The molecule has 1 amide bonds. The van der Waals surface area contributed by atoms with Crippen LogP contribution in [-0.2, 0) is 9.53 Å². The molecule has 0 bridgehead atoms. The van der Waals surface area contributed by atoms with Gasteiger partial charge in [-0.15, -0.1) is 24.0 Å². The summed E-state index contributed by atoms with van der Waals surface area (Å²) in [5, 5.41) is 7.25. The van der Waals surface area contributed by atoms with Crippen LogP contribution in [0.2, 0.25) is 0 Å². The summed E-state index contributed by atoms with van der Waals surface area (Å²) in [6, 6.07) is 0.462. The Labute approximate surface area is 193 Å². The minimum absolute atomic E-state index is 0. The third kappa shape index (κ3) is 4.02. The van der Waals surface area contributed by atoms with Gasteiger partial charge < -0.3 is 20.3 Å². The van der Waals surface area contributed by atoms with Gasteiger partial charge in [-0.05, 0) is 39.0 Å². The van der Waals surface area contributed by atoms with Crippen LogP contribution in [0.1, 0.15) is 64.7 Å². The molecule has 3 saturated carbocycles. The van der Waals surface area contributed by atoms with E-state index in [-0.39, 0.29) is 35.3 Å². The second kappa shape index (κ2) is 9.28. The van der Waals surface area contributed by atoms with Crippen LogP contribution in [0.15, 0.2) is 4.99 Å². The fourth-order valence-corrected chi connectivity index (χ4v) is 6.57. The van der Waals surface area contributed by atoms with Crippen LogP contribution in [0.3, 0.4) is 0 Å². The van der Waals surface area contributed by atoms with Gasteiger partial charge >= 0.3 is 0 Å². The molecule has 4 aliphatic rings. The Morgan fingerprint density at radius 1 is 1.14 bits per heavy atom. The number of fused-ring (bicyclic) bond motifs is 2. The lowest BCUT2D eigenvalue weighted by atomic mass is 9.54. The number of carbonyl (C=O) groups excluding carboxylic acids is 1. The van der Waals surface area contributed by atoms with E-state index in [0.717, 1.165) is 51.2 Å². The maximum Gasteiger partial charge on any atom is 0.230 e. The van der Waals surface area contributed by atoms with Crippen molar-refractivity contribution in [2.24, 2.45) is 21.7 Å². The smallest absolute Gasteiger partial charge is 0.230 e. The molecule has 1 aliphatic heterocycles. The topological polar surface area (TPSA) is 66.0 Å². The molecular weight excluding hydrogens is 479 g/mol. The summed E-state index contributed by atoms with van der Waals surface area (Å²) in [5.41, 5.74) is -0.00260. The van der Waals surface area contributed by atoms with E-state index >= 15 is 0 Å². The van der Waals surface area contributed by atoms with E-state index in [2.05, 4.69) is 17.6 Å². The highest BCUT2D eigenvalue weighted by Gasteiger charge is 2.65. The van der Waals surface area contributed by atoms with Crippen LogP contribution in [0.4, 0.5) is 0 Å². The number of amides is 1. The van der Waals surface area contributed by atoms with Crippen molar-refractivity contribution >= 4 is 35.8 Å². The zero-order chi connectivity index (χ0) is 19.8. The molecule has 0 aromatic heterocycles. The molecular formula is C22H39IN4O2. The highest BCUT2D eigenvalue weighted by Crippen LogP contribution is 2.60. The standard InChI is InChI=1S/C22H38N4O2.HI/c1-4-23-20(24-15-21(10-5-6-11-21)19(27)26(2)3)25-17-16-9-14-28-18(16)22(17)12-7-8-13-22;/h16-18H,4-15H2,1-3H3,(H2,23,24,25);1H. The number of carbonyl (C=O) groups is 1. The maximum atomic E-state index is 12.9. The number of halogens is 1. The Hall–Kier alpha value is -0.570. The molecule has 29 heavy (non-hydrogen) atoms. The van der Waals surface area contributed by atoms with Gasteiger partial charge in [0.25, 0.3) is 0 Å². The van der Waals surface area contributed by atoms with E-state index in [1.165, 1.54) is 25.7 Å². The number of guanidine groups is 1. The normalized spacial score (nSPS) is 31.7. The zero-order valence-electron chi connectivity index (χ0n) is 18.3. The SMILES string of the molecule is CCNC(=NCC1(C(=O)N(C)C)CCCC1)NC1C2CCOC2C12CCCC2.I. The van der Waals surface area contributed by atoms with Crippen molar-refractivity contribution in [2.75, 3.05) is 33.8 Å². The van der Waals surface area contributed by atoms with E-state index in [0.29, 0.717) is 30.0 Å². The van der Waals surface area contributed by atoms with Crippen molar-refractivity contribution < 1.29 is 9.53 Å². The predicted octanol–water partition coefficient (Wildman–Crippen LogP) is 3.16. The largest absolute Gasteiger partial charge is 0.377 e. The number of rotatable bonds is 5. The minimum Gasteiger partial charge on any atom is -0.377 e. The van der Waals surface area contributed by atoms with E-state index in [4.69, 9.17) is 9.73 Å². The van der Waals surface area contributed by atoms with Crippen LogP contribution in [-0.4, -0.2) is 62.7 Å². The number of hydrogen-bond donors (Lipinski definition) is 2. The van der Waals surface area contributed by atoms with E-state index < -0.39 is 0 Å². The van der Waals surface area contributed by atoms with E-state index in [1.807, 2.05) is 14.1 Å². The molecule has 4 fully saturated rings. The molecule has 1 heterocycles. The molecule has 3 unspecified atom stereocenters. The van der Waals surface area contributed by atoms with Gasteiger partial charge in [0.2, 0.25) is 5.91 Å². The third-order valence-corrected chi connectivity index (χ3v) is 7.88. The molecule has 1 spiro atoms. The average Bonchev–Trinajstić information content (AvgIpc) is 3.43. The Balaban J connectivity index is 0.00000240. The zero-order valence-corrected chi connectivity index (χ0v) is 20.7. The van der Waals surface area contributed by atoms with Crippen LogP contribution < -0.4 is 10.6 Å². The van der Waals surface area contributed by atoms with Crippen molar-refractivity contribution in [3.05, 3.63) is 0 Å². The number of nitrogens with one attached hydrogen (secondary N) is 2. The van der Waals surface area contributed by atoms with Crippen LogP contribution in [0, 0.1) is 16.7 Å². The second-order valence-electron chi connectivity index (χ2n) is 9.69. The number of nitrogens with zero attached hydrogens (tertiary/aromatic N) is 2. The molecule has 1 saturated heterocycles. The first-order chi connectivity index (χ1) is 13.5. The van der Waals surface area contributed by atoms with Crippen molar-refractivity contribution in [1.29, 1.82) is 0 Å². The number of hydrogen-bond acceptors (Lipinski definition) is 3. The second-order valence-corrected chi connectivity index (χ2v) is 9.69. The van der Waals surface area contributed by atoms with Gasteiger partial charge in [0, 0.05) is 44.6 Å². The van der Waals surface area contributed by atoms with Gasteiger partial charge in [0.15, 0.2) is 5.96 Å². The van der Waals surface area contributed by atoms with Crippen LogP contribution in [0.25, 0.3) is 0 Å². The molecule has 3 atom stereocenters. The number of ether oxygens (including phenoxy) is 1. The average molecular weight is 518 g/mol. The molecule has 3 aliphatic carbocycles. The molecule has 0 aromatic carbocycles.